The number of anilines is 1. The minimum Gasteiger partial charge on any atom is -0.481 e. The summed E-state index contributed by atoms with van der Waals surface area (Å²) in [6.45, 7) is 7.38. The Morgan fingerprint density at radius 2 is 1.77 bits per heavy atom. The van der Waals surface area contributed by atoms with Gasteiger partial charge in [-0.2, -0.15) is 0 Å². The summed E-state index contributed by atoms with van der Waals surface area (Å²) in [6.07, 6.45) is -0.759. The molecule has 2 aromatic carbocycles. The first-order chi connectivity index (χ1) is 12.3. The number of ether oxygens (including phenoxy) is 2. The van der Waals surface area contributed by atoms with Crippen LogP contribution in [0.15, 0.2) is 36.4 Å². The third-order valence-electron chi connectivity index (χ3n) is 3.77. The molecule has 1 unspecified atom stereocenters. The van der Waals surface area contributed by atoms with Gasteiger partial charge in [0.1, 0.15) is 5.75 Å². The zero-order valence-electron chi connectivity index (χ0n) is 15.3. The molecule has 5 nitrogen and oxygen atoms in total. The Morgan fingerprint density at radius 3 is 2.38 bits per heavy atom. The quantitative estimate of drug-likeness (QED) is 0.753. The first kappa shape index (κ1) is 19.8. The van der Waals surface area contributed by atoms with Gasteiger partial charge in [0.2, 0.25) is 0 Å². The van der Waals surface area contributed by atoms with Crippen molar-refractivity contribution in [1.82, 2.24) is 0 Å². The Hall–Kier alpha value is -2.53. The Kier molecular flexibility index (Phi) is 6.64. The Labute approximate surface area is 158 Å². The molecular formula is C20H22ClNO4. The molecule has 0 aliphatic carbocycles. The van der Waals surface area contributed by atoms with Crippen molar-refractivity contribution in [3.05, 3.63) is 58.1 Å². The third-order valence-corrected chi connectivity index (χ3v) is 4.37. The second-order valence-electron chi connectivity index (χ2n) is 5.89. The van der Waals surface area contributed by atoms with Gasteiger partial charge in [-0.3, -0.25) is 4.79 Å². The average Bonchev–Trinajstić information content (AvgIpc) is 2.60. The number of carbonyl (C=O) groups excluding carboxylic acids is 2. The second-order valence-corrected chi connectivity index (χ2v) is 6.26. The smallest absolute Gasteiger partial charge is 0.340 e. The fourth-order valence-corrected chi connectivity index (χ4v) is 2.55. The first-order valence-electron chi connectivity index (χ1n) is 8.34. The van der Waals surface area contributed by atoms with Crippen LogP contribution in [0.2, 0.25) is 5.02 Å². The van der Waals surface area contributed by atoms with Gasteiger partial charge in [-0.25, -0.2) is 4.79 Å². The molecule has 0 heterocycles. The minimum absolute atomic E-state index is 0.260. The van der Waals surface area contributed by atoms with E-state index >= 15 is 0 Å². The average molecular weight is 376 g/mol. The zero-order chi connectivity index (χ0) is 19.3. The summed E-state index contributed by atoms with van der Waals surface area (Å²) in [5.74, 6) is -0.293. The lowest BCUT2D eigenvalue weighted by Gasteiger charge is -2.17. The van der Waals surface area contributed by atoms with Gasteiger partial charge in [-0.1, -0.05) is 23.7 Å². The predicted molar refractivity (Wildman–Crippen MR) is 102 cm³/mol. The molecule has 138 valence electrons. The van der Waals surface area contributed by atoms with Gasteiger partial charge >= 0.3 is 5.97 Å². The first-order valence-corrected chi connectivity index (χ1v) is 8.71. The van der Waals surface area contributed by atoms with Crippen molar-refractivity contribution >= 4 is 29.2 Å². The minimum atomic E-state index is -0.759. The largest absolute Gasteiger partial charge is 0.481 e. The highest BCUT2D eigenvalue weighted by atomic mass is 35.5. The highest BCUT2D eigenvalue weighted by molar-refractivity contribution is 6.32. The summed E-state index contributed by atoms with van der Waals surface area (Å²) in [7, 11) is 0. The molecule has 0 spiro atoms. The van der Waals surface area contributed by atoms with Crippen molar-refractivity contribution in [2.45, 2.75) is 33.8 Å². The standard InChI is InChI=1S/C20H22ClNO4/c1-5-25-20(24)16-8-6-7-9-17(16)22-19(23)14(4)26-15-10-12(2)18(21)13(3)11-15/h6-11,14H,5H2,1-4H3,(H,22,23). The zero-order valence-corrected chi connectivity index (χ0v) is 16.0. The summed E-state index contributed by atoms with van der Waals surface area (Å²) in [6, 6.07) is 10.3. The Balaban J connectivity index is 2.12. The van der Waals surface area contributed by atoms with Crippen molar-refractivity contribution in [3.63, 3.8) is 0 Å². The van der Waals surface area contributed by atoms with Crippen LogP contribution in [-0.4, -0.2) is 24.6 Å². The molecule has 0 fully saturated rings. The number of benzene rings is 2. The third kappa shape index (κ3) is 4.76. The Bertz CT molecular complexity index is 796. The summed E-state index contributed by atoms with van der Waals surface area (Å²) < 4.78 is 10.7. The fourth-order valence-electron chi connectivity index (χ4n) is 2.45. The van der Waals surface area contributed by atoms with Gasteiger partial charge < -0.3 is 14.8 Å². The number of hydrogen-bond donors (Lipinski definition) is 1. The lowest BCUT2D eigenvalue weighted by Crippen LogP contribution is -2.30. The second kappa shape index (κ2) is 8.72. The van der Waals surface area contributed by atoms with Crippen LogP contribution in [0.4, 0.5) is 5.69 Å². The SMILES string of the molecule is CCOC(=O)c1ccccc1NC(=O)C(C)Oc1cc(C)c(Cl)c(C)c1. The van der Waals surface area contributed by atoms with Crippen LogP contribution in [0.3, 0.4) is 0 Å². The number of amides is 1. The Morgan fingerprint density at radius 1 is 1.15 bits per heavy atom. The van der Waals surface area contributed by atoms with Crippen molar-refractivity contribution in [1.29, 1.82) is 0 Å². The normalized spacial score (nSPS) is 11.6. The topological polar surface area (TPSA) is 64.6 Å². The van der Waals surface area contributed by atoms with Crippen LogP contribution < -0.4 is 10.1 Å². The van der Waals surface area contributed by atoms with E-state index in [1.165, 1.54) is 0 Å². The molecule has 0 aliphatic heterocycles. The summed E-state index contributed by atoms with van der Waals surface area (Å²) >= 11 is 6.15. The maximum absolute atomic E-state index is 12.5. The van der Waals surface area contributed by atoms with Crippen LogP contribution in [-0.2, 0) is 9.53 Å². The van der Waals surface area contributed by atoms with Gasteiger partial charge in [-0.15, -0.1) is 0 Å². The van der Waals surface area contributed by atoms with Gasteiger partial charge in [0, 0.05) is 5.02 Å². The summed E-state index contributed by atoms with van der Waals surface area (Å²) in [5, 5.41) is 3.40. The highest BCUT2D eigenvalue weighted by Crippen LogP contribution is 2.26. The number of halogens is 1. The van der Waals surface area contributed by atoms with E-state index in [9.17, 15) is 9.59 Å². The number of carbonyl (C=O) groups is 2. The predicted octanol–water partition coefficient (Wildman–Crippen LogP) is 4.54. The molecule has 2 rings (SSSR count). The maximum Gasteiger partial charge on any atom is 0.340 e. The number of aryl methyl sites for hydroxylation is 2. The molecule has 6 heteroatoms. The van der Waals surface area contributed by atoms with Crippen LogP contribution in [0.1, 0.15) is 35.3 Å². The molecule has 0 saturated carbocycles. The van der Waals surface area contributed by atoms with E-state index in [2.05, 4.69) is 5.32 Å². The van der Waals surface area contributed by atoms with Crippen molar-refractivity contribution in [2.75, 3.05) is 11.9 Å². The van der Waals surface area contributed by atoms with E-state index in [-0.39, 0.29) is 12.5 Å². The molecule has 1 amide bonds. The van der Waals surface area contributed by atoms with Crippen LogP contribution in [0.5, 0.6) is 5.75 Å². The van der Waals surface area contributed by atoms with Gasteiger partial charge in [0.25, 0.3) is 5.91 Å². The van der Waals surface area contributed by atoms with E-state index < -0.39 is 12.1 Å². The van der Waals surface area contributed by atoms with E-state index in [0.29, 0.717) is 22.0 Å². The monoisotopic (exact) mass is 375 g/mol. The molecule has 2 aromatic rings. The number of hydrogen-bond acceptors (Lipinski definition) is 4. The van der Waals surface area contributed by atoms with Gasteiger partial charge in [-0.05, 0) is 63.1 Å². The van der Waals surface area contributed by atoms with E-state index in [1.54, 1.807) is 50.2 Å². The highest BCUT2D eigenvalue weighted by Gasteiger charge is 2.19. The van der Waals surface area contributed by atoms with Crippen LogP contribution >= 0.6 is 11.6 Å². The fraction of sp³-hybridized carbons (Fsp3) is 0.300. The molecule has 1 N–H and O–H groups in total. The lowest BCUT2D eigenvalue weighted by molar-refractivity contribution is -0.122. The van der Waals surface area contributed by atoms with Crippen molar-refractivity contribution in [3.8, 4) is 5.75 Å². The number of esters is 1. The molecule has 0 saturated heterocycles. The number of rotatable bonds is 6. The summed E-state index contributed by atoms with van der Waals surface area (Å²) in [4.78, 5) is 24.5. The molecule has 0 aromatic heterocycles. The summed E-state index contributed by atoms with van der Waals surface area (Å²) in [5.41, 5.74) is 2.44. The van der Waals surface area contributed by atoms with Gasteiger partial charge in [0.15, 0.2) is 6.10 Å². The molecule has 0 radical (unpaired) electrons. The lowest BCUT2D eigenvalue weighted by atomic mass is 10.1. The number of para-hydroxylation sites is 1. The molecule has 0 aliphatic rings. The molecular weight excluding hydrogens is 354 g/mol. The van der Waals surface area contributed by atoms with Crippen LogP contribution in [0.25, 0.3) is 0 Å². The molecule has 26 heavy (non-hydrogen) atoms. The van der Waals surface area contributed by atoms with E-state index in [0.717, 1.165) is 11.1 Å². The molecule has 0 bridgehead atoms. The molecule has 1 atom stereocenters. The van der Waals surface area contributed by atoms with E-state index in [1.807, 2.05) is 13.8 Å². The van der Waals surface area contributed by atoms with Crippen LogP contribution in [0, 0.1) is 13.8 Å². The van der Waals surface area contributed by atoms with E-state index in [4.69, 9.17) is 21.1 Å². The van der Waals surface area contributed by atoms with Gasteiger partial charge in [0.05, 0.1) is 17.9 Å². The van der Waals surface area contributed by atoms with Crippen molar-refractivity contribution in [2.24, 2.45) is 0 Å². The van der Waals surface area contributed by atoms with Crippen molar-refractivity contribution < 1.29 is 19.1 Å². The maximum atomic E-state index is 12.5. The number of nitrogens with one attached hydrogen (secondary N) is 1.